The van der Waals surface area contributed by atoms with Crippen LogP contribution in [0.15, 0.2) is 35.5 Å². The summed E-state index contributed by atoms with van der Waals surface area (Å²) in [6.45, 7) is 17.3. The highest BCUT2D eigenvalue weighted by atomic mass is 16.7. The molecule has 0 aliphatic carbocycles. The molecule has 6 N–H and O–H groups in total. The number of carbonyl (C=O) groups is 2. The van der Waals surface area contributed by atoms with Crippen LogP contribution < -0.4 is 5.32 Å². The first-order chi connectivity index (χ1) is 30.9. The second-order valence-corrected chi connectivity index (χ2v) is 19.8. The van der Waals surface area contributed by atoms with Crippen molar-refractivity contribution in [2.75, 3.05) is 34.4 Å². The van der Waals surface area contributed by atoms with Crippen LogP contribution in [0, 0.1) is 23.7 Å². The van der Waals surface area contributed by atoms with Gasteiger partial charge < -0.3 is 73.7 Å². The number of rotatable bonds is 14. The molecule has 0 radical (unpaired) electrons. The number of ether oxygens (including phenoxy) is 7. The first kappa shape index (κ1) is 55.6. The van der Waals surface area contributed by atoms with Crippen LogP contribution in [-0.4, -0.2) is 167 Å². The summed E-state index contributed by atoms with van der Waals surface area (Å²) in [5.41, 5.74) is -3.73. The molecule has 0 aromatic heterocycles. The van der Waals surface area contributed by atoms with Crippen molar-refractivity contribution in [3.05, 3.63) is 35.9 Å². The lowest BCUT2D eigenvalue weighted by Gasteiger charge is -2.49. The summed E-state index contributed by atoms with van der Waals surface area (Å²) in [6.07, 6.45) is -10.0. The van der Waals surface area contributed by atoms with Crippen LogP contribution in [0.3, 0.4) is 0 Å². The minimum Gasteiger partial charge on any atom is -0.459 e. The van der Waals surface area contributed by atoms with Crippen molar-refractivity contribution in [3.8, 4) is 0 Å². The highest BCUT2D eigenvalue weighted by molar-refractivity contribution is 5.88. The maximum Gasteiger partial charge on any atom is 0.407 e. The highest BCUT2D eigenvalue weighted by Gasteiger charge is 2.53. The van der Waals surface area contributed by atoms with Gasteiger partial charge in [0.25, 0.3) is 0 Å². The predicted molar refractivity (Wildman–Crippen MR) is 244 cm³/mol. The minimum absolute atomic E-state index is 0.0542. The Bertz CT molecular complexity index is 1700. The van der Waals surface area contributed by atoms with Crippen molar-refractivity contribution < 1.29 is 73.1 Å². The smallest absolute Gasteiger partial charge is 0.407 e. The van der Waals surface area contributed by atoms with E-state index in [0.29, 0.717) is 18.6 Å². The molecule has 0 saturated carbocycles. The third-order valence-corrected chi connectivity index (χ3v) is 13.9. The molecule has 1 amide bonds. The number of carbonyl (C=O) groups excluding carboxylic acids is 2. The Morgan fingerprint density at radius 2 is 1.61 bits per heavy atom. The molecule has 0 unspecified atom stereocenters. The van der Waals surface area contributed by atoms with E-state index in [9.17, 15) is 35.1 Å². The number of alkyl carbamates (subject to hydrolysis) is 1. The van der Waals surface area contributed by atoms with Crippen LogP contribution in [-0.2, 0) is 49.4 Å². The number of likely N-dealkylation sites (N-methyl/N-ethyl adjacent to an activating group) is 1. The second-order valence-electron chi connectivity index (χ2n) is 19.8. The van der Waals surface area contributed by atoms with Crippen molar-refractivity contribution in [1.82, 2.24) is 10.2 Å². The average Bonchev–Trinajstić information content (AvgIpc) is 3.26. The van der Waals surface area contributed by atoms with E-state index in [1.807, 2.05) is 63.2 Å². The van der Waals surface area contributed by atoms with Crippen LogP contribution in [0.2, 0.25) is 0 Å². The monoisotopic (exact) mass is 940 g/mol. The highest BCUT2D eigenvalue weighted by Crippen LogP contribution is 2.41. The van der Waals surface area contributed by atoms with Crippen LogP contribution in [0.25, 0.3) is 0 Å². The molecule has 1 aromatic carbocycles. The zero-order valence-electron chi connectivity index (χ0n) is 41.4. The number of esters is 1. The summed E-state index contributed by atoms with van der Waals surface area (Å²) in [6, 6.07) is 8.95. The molecular weight excluding hydrogens is 859 g/mol. The summed E-state index contributed by atoms with van der Waals surface area (Å²) in [5, 5.41) is 66.9. The lowest BCUT2D eigenvalue weighted by molar-refractivity contribution is -0.317. The number of oxime groups is 1. The fourth-order valence-electron chi connectivity index (χ4n) is 9.82. The van der Waals surface area contributed by atoms with E-state index in [1.54, 1.807) is 48.5 Å². The zero-order chi connectivity index (χ0) is 49.3. The lowest BCUT2D eigenvalue weighted by atomic mass is 9.73. The maximum atomic E-state index is 14.4. The molecule has 3 heterocycles. The van der Waals surface area contributed by atoms with Gasteiger partial charge in [0.15, 0.2) is 12.6 Å². The number of cyclic esters (lactones) is 1. The summed E-state index contributed by atoms with van der Waals surface area (Å²) in [5.74, 6) is -4.26. The van der Waals surface area contributed by atoms with Crippen LogP contribution in [0.1, 0.15) is 107 Å². The van der Waals surface area contributed by atoms with Crippen molar-refractivity contribution in [2.45, 2.75) is 192 Å². The van der Waals surface area contributed by atoms with E-state index in [1.165, 1.54) is 14.0 Å². The standard InChI is InChI=1S/C48H81N3O15/c1-14-35-48(10,58)40(53)29(4)37(50-61-22-18-21-49-45(56)60-26-33-19-16-15-17-20-33)27(2)24-46(8,57)42(66-44-38(52)34(51(11)12)23-28(3)62-44)30(5)39(31(6)43(55)64-35)65-36-25-47(9,59-13)41(54)32(7)63-36/h15-17,19-20,27-32,34-36,38-42,44,52-54,57-58H,14,18,21-26H2,1-13H3,(H,49,56)/b50-37+/t27-,28-,29+,30+,31-,32+,34+,35-,36+,38-,39+,40-,41+,42-,44+,46-,47-,48-/m1/s1. The number of hydrogen-bond donors (Lipinski definition) is 6. The normalized spacial score (nSPS) is 41.5. The first-order valence-electron chi connectivity index (χ1n) is 23.5. The van der Waals surface area contributed by atoms with Crippen LogP contribution >= 0.6 is 0 Å². The summed E-state index contributed by atoms with van der Waals surface area (Å²) < 4.78 is 43.1. The topological polar surface area (TPSA) is 237 Å². The Morgan fingerprint density at radius 3 is 2.23 bits per heavy atom. The van der Waals surface area contributed by atoms with Crippen LogP contribution in [0.5, 0.6) is 0 Å². The Balaban J connectivity index is 1.72. The fourth-order valence-corrected chi connectivity index (χ4v) is 9.82. The number of hydrogen-bond acceptors (Lipinski definition) is 17. The lowest BCUT2D eigenvalue weighted by Crippen LogP contribution is -2.61. The van der Waals surface area contributed by atoms with Gasteiger partial charge in [0, 0.05) is 50.3 Å². The van der Waals surface area contributed by atoms with Gasteiger partial charge in [0.05, 0.1) is 53.4 Å². The van der Waals surface area contributed by atoms with Crippen molar-refractivity contribution in [3.63, 3.8) is 0 Å². The average molecular weight is 940 g/mol. The van der Waals surface area contributed by atoms with E-state index in [4.69, 9.17) is 38.0 Å². The number of aliphatic hydroxyl groups is 5. The van der Waals surface area contributed by atoms with Gasteiger partial charge in [-0.1, -0.05) is 63.2 Å². The van der Waals surface area contributed by atoms with Gasteiger partial charge in [-0.25, -0.2) is 4.79 Å². The molecule has 0 bridgehead atoms. The minimum atomic E-state index is -2.00. The van der Waals surface area contributed by atoms with Gasteiger partial charge in [-0.2, -0.15) is 0 Å². The van der Waals surface area contributed by atoms with Crippen molar-refractivity contribution in [2.24, 2.45) is 28.8 Å². The van der Waals surface area contributed by atoms with Crippen LogP contribution in [0.4, 0.5) is 4.79 Å². The number of amides is 1. The van der Waals surface area contributed by atoms with Crippen molar-refractivity contribution in [1.29, 1.82) is 0 Å². The second kappa shape index (κ2) is 24.0. The van der Waals surface area contributed by atoms with Gasteiger partial charge >= 0.3 is 12.1 Å². The molecule has 18 heteroatoms. The van der Waals surface area contributed by atoms with Gasteiger partial charge in [-0.3, -0.25) is 4.79 Å². The van der Waals surface area contributed by atoms with E-state index in [2.05, 4.69) is 10.5 Å². The van der Waals surface area contributed by atoms with E-state index < -0.39 is 108 Å². The van der Waals surface area contributed by atoms with Crippen molar-refractivity contribution >= 4 is 17.8 Å². The SMILES string of the molecule is CC[C@H]1OC(=O)[C@H](C)[C@@H](O[C@H]2C[C@@](C)(OC)[C@@H](O)[C@H](C)O2)[C@H](C)[C@@H](O[C@@H]2O[C@H](C)C[C@H](N(C)C)[C@H]2O)[C@](C)(O)C[C@@H](C)/C(=N\OCCCNC(=O)OCc2ccccc2)[C@H](C)[C@@H](O)[C@]1(C)O. The molecule has 66 heavy (non-hydrogen) atoms. The quantitative estimate of drug-likeness (QED) is 0.0882. The fraction of sp³-hybridized carbons (Fsp3) is 0.812. The number of nitrogens with zero attached hydrogens (tertiary/aromatic N) is 2. The Kier molecular flexibility index (Phi) is 20.2. The summed E-state index contributed by atoms with van der Waals surface area (Å²) >= 11 is 0. The molecule has 1 aromatic rings. The summed E-state index contributed by atoms with van der Waals surface area (Å²) in [7, 11) is 5.20. The molecule has 4 rings (SSSR count). The molecule has 378 valence electrons. The molecule has 3 aliphatic heterocycles. The third-order valence-electron chi connectivity index (χ3n) is 13.9. The Labute approximate surface area is 391 Å². The van der Waals surface area contributed by atoms with Gasteiger partial charge in [0.1, 0.15) is 37.1 Å². The zero-order valence-corrected chi connectivity index (χ0v) is 41.4. The predicted octanol–water partition coefficient (Wildman–Crippen LogP) is 3.91. The van der Waals surface area contributed by atoms with Gasteiger partial charge in [-0.15, -0.1) is 0 Å². The first-order valence-corrected chi connectivity index (χ1v) is 23.5. The number of methoxy groups -OCH3 is 1. The van der Waals surface area contributed by atoms with E-state index >= 15 is 0 Å². The van der Waals surface area contributed by atoms with Gasteiger partial charge in [-0.05, 0) is 80.5 Å². The molecule has 3 saturated heterocycles. The van der Waals surface area contributed by atoms with E-state index in [0.717, 1.165) is 5.56 Å². The maximum absolute atomic E-state index is 14.4. The summed E-state index contributed by atoms with van der Waals surface area (Å²) in [4.78, 5) is 34.5. The number of nitrogens with one attached hydrogen (secondary N) is 1. The number of benzene rings is 1. The Morgan fingerprint density at radius 1 is 0.939 bits per heavy atom. The largest absolute Gasteiger partial charge is 0.459 e. The molecular formula is C48H81N3O15. The number of aliphatic hydroxyl groups excluding tert-OH is 3. The molecule has 18 nitrogen and oxygen atoms in total. The third kappa shape index (κ3) is 13.8. The molecule has 3 aliphatic rings. The molecule has 0 spiro atoms. The Hall–Kier alpha value is -3.01. The van der Waals surface area contributed by atoms with E-state index in [-0.39, 0.29) is 51.2 Å². The molecule has 3 fully saturated rings. The molecule has 18 atom stereocenters. The van der Waals surface area contributed by atoms with Gasteiger partial charge in [0.2, 0.25) is 0 Å².